The number of likely N-dealkylation sites (tertiary alicyclic amines) is 1. The van der Waals surface area contributed by atoms with Gasteiger partial charge < -0.3 is 4.90 Å². The molecule has 0 amide bonds. The quantitative estimate of drug-likeness (QED) is 0.940. The first-order valence-electron chi connectivity index (χ1n) is 8.33. The molecule has 3 heterocycles. The van der Waals surface area contributed by atoms with E-state index < -0.39 is 0 Å². The molecule has 0 spiro atoms. The Hall–Kier alpha value is -1.68. The van der Waals surface area contributed by atoms with E-state index in [9.17, 15) is 0 Å². The van der Waals surface area contributed by atoms with Crippen molar-refractivity contribution in [2.75, 3.05) is 13.1 Å². The number of aromatic amines is 1. The Morgan fingerprint density at radius 2 is 2.18 bits per heavy atom. The fourth-order valence-corrected chi connectivity index (χ4v) is 3.36. The van der Waals surface area contributed by atoms with Crippen LogP contribution >= 0.6 is 0 Å². The molecular formula is C18H26N4. The highest BCUT2D eigenvalue weighted by molar-refractivity contribution is 5.54. The maximum atomic E-state index is 4.47. The molecule has 1 fully saturated rings. The molecule has 3 rings (SSSR count). The lowest BCUT2D eigenvalue weighted by atomic mass is 9.90. The average molecular weight is 298 g/mol. The highest BCUT2D eigenvalue weighted by Gasteiger charge is 2.22. The van der Waals surface area contributed by atoms with Gasteiger partial charge in [0.25, 0.3) is 0 Å². The van der Waals surface area contributed by atoms with E-state index in [1.54, 1.807) is 0 Å². The van der Waals surface area contributed by atoms with Gasteiger partial charge in [-0.05, 0) is 76.3 Å². The summed E-state index contributed by atoms with van der Waals surface area (Å²) in [5.41, 5.74) is 4.36. The molecule has 1 aliphatic heterocycles. The van der Waals surface area contributed by atoms with Gasteiger partial charge in [-0.3, -0.25) is 10.1 Å². The summed E-state index contributed by atoms with van der Waals surface area (Å²) in [5.74, 6) is 0.757. The van der Waals surface area contributed by atoms with Crippen molar-refractivity contribution in [3.8, 4) is 11.4 Å². The van der Waals surface area contributed by atoms with Crippen LogP contribution in [0.3, 0.4) is 0 Å². The van der Waals surface area contributed by atoms with E-state index in [1.807, 2.05) is 19.2 Å². The van der Waals surface area contributed by atoms with Crippen LogP contribution in [-0.4, -0.2) is 39.2 Å². The zero-order valence-corrected chi connectivity index (χ0v) is 13.8. The highest BCUT2D eigenvalue weighted by atomic mass is 15.2. The van der Waals surface area contributed by atoms with Crippen LogP contribution in [0.25, 0.3) is 11.4 Å². The number of H-pyrrole nitrogens is 1. The van der Waals surface area contributed by atoms with Crippen molar-refractivity contribution >= 4 is 0 Å². The van der Waals surface area contributed by atoms with Gasteiger partial charge in [-0.15, -0.1) is 0 Å². The standard InChI is InChI=1S/C18H26N4/c1-13(2)22-8-4-5-16(12-22)10-15-6-7-19-17(11-15)18-9-14(3)20-21-18/h6-7,9,11,13,16H,4-5,8,10,12H2,1-3H3,(H,20,21). The Labute approximate surface area is 133 Å². The van der Waals surface area contributed by atoms with Gasteiger partial charge in [0.1, 0.15) is 5.69 Å². The van der Waals surface area contributed by atoms with Gasteiger partial charge >= 0.3 is 0 Å². The summed E-state index contributed by atoms with van der Waals surface area (Å²) in [7, 11) is 0. The molecule has 0 aliphatic carbocycles. The zero-order valence-electron chi connectivity index (χ0n) is 13.8. The Morgan fingerprint density at radius 3 is 2.91 bits per heavy atom. The summed E-state index contributed by atoms with van der Waals surface area (Å²) in [6.07, 6.45) is 5.71. The van der Waals surface area contributed by atoms with Gasteiger partial charge in [0.05, 0.1) is 5.69 Å². The minimum atomic E-state index is 0.655. The average Bonchev–Trinajstić information content (AvgIpc) is 2.94. The number of nitrogens with zero attached hydrogens (tertiary/aromatic N) is 3. The van der Waals surface area contributed by atoms with Crippen molar-refractivity contribution < 1.29 is 0 Å². The van der Waals surface area contributed by atoms with Crippen LogP contribution in [0.2, 0.25) is 0 Å². The first-order chi connectivity index (χ1) is 10.6. The first kappa shape index (κ1) is 15.2. The lowest BCUT2D eigenvalue weighted by molar-refractivity contribution is 0.139. The Kier molecular flexibility index (Phi) is 4.57. The van der Waals surface area contributed by atoms with Gasteiger partial charge in [-0.2, -0.15) is 5.10 Å². The lowest BCUT2D eigenvalue weighted by Gasteiger charge is -2.35. The molecule has 118 valence electrons. The third-order valence-corrected chi connectivity index (χ3v) is 4.60. The lowest BCUT2D eigenvalue weighted by Crippen LogP contribution is -2.40. The third kappa shape index (κ3) is 3.55. The number of piperidine rings is 1. The van der Waals surface area contributed by atoms with E-state index >= 15 is 0 Å². The zero-order chi connectivity index (χ0) is 15.5. The smallest absolute Gasteiger partial charge is 0.111 e. The molecule has 0 radical (unpaired) electrons. The van der Waals surface area contributed by atoms with E-state index in [-0.39, 0.29) is 0 Å². The normalized spacial score (nSPS) is 19.7. The van der Waals surface area contributed by atoms with Crippen molar-refractivity contribution in [1.29, 1.82) is 0 Å². The van der Waals surface area contributed by atoms with Crippen LogP contribution in [0.15, 0.2) is 24.4 Å². The first-order valence-corrected chi connectivity index (χ1v) is 8.33. The van der Waals surface area contributed by atoms with Gasteiger partial charge in [0.15, 0.2) is 0 Å². The van der Waals surface area contributed by atoms with Crippen molar-refractivity contribution in [2.24, 2.45) is 5.92 Å². The van der Waals surface area contributed by atoms with E-state index in [1.165, 1.54) is 31.5 Å². The third-order valence-electron chi connectivity index (χ3n) is 4.60. The summed E-state index contributed by atoms with van der Waals surface area (Å²) in [5, 5.41) is 7.30. The molecule has 0 bridgehead atoms. The van der Waals surface area contributed by atoms with Gasteiger partial charge in [0, 0.05) is 24.5 Å². The highest BCUT2D eigenvalue weighted by Crippen LogP contribution is 2.24. The second kappa shape index (κ2) is 6.61. The van der Waals surface area contributed by atoms with E-state index in [0.29, 0.717) is 6.04 Å². The molecule has 1 atom stereocenters. The summed E-state index contributed by atoms with van der Waals surface area (Å²) in [4.78, 5) is 7.07. The van der Waals surface area contributed by atoms with Crippen LogP contribution in [0.5, 0.6) is 0 Å². The molecule has 0 saturated carbocycles. The minimum absolute atomic E-state index is 0.655. The molecule has 0 aromatic carbocycles. The van der Waals surface area contributed by atoms with Gasteiger partial charge in [0.2, 0.25) is 0 Å². The maximum absolute atomic E-state index is 4.47. The Bertz CT molecular complexity index is 617. The van der Waals surface area contributed by atoms with E-state index in [2.05, 4.69) is 46.1 Å². The molecule has 4 nitrogen and oxygen atoms in total. The summed E-state index contributed by atoms with van der Waals surface area (Å²) < 4.78 is 0. The molecule has 4 heteroatoms. The second-order valence-corrected chi connectivity index (χ2v) is 6.79. The Balaban J connectivity index is 1.70. The van der Waals surface area contributed by atoms with Gasteiger partial charge in [-0.25, -0.2) is 0 Å². The summed E-state index contributed by atoms with van der Waals surface area (Å²) in [6.45, 7) is 9.09. The van der Waals surface area contributed by atoms with Crippen molar-refractivity contribution in [3.05, 3.63) is 35.7 Å². The van der Waals surface area contributed by atoms with E-state index in [0.717, 1.165) is 29.4 Å². The van der Waals surface area contributed by atoms with Crippen LogP contribution in [-0.2, 0) is 6.42 Å². The number of hydrogen-bond donors (Lipinski definition) is 1. The molecule has 1 N–H and O–H groups in total. The van der Waals surface area contributed by atoms with Crippen LogP contribution in [0.4, 0.5) is 0 Å². The minimum Gasteiger partial charge on any atom is -0.301 e. The number of aryl methyl sites for hydroxylation is 1. The van der Waals surface area contributed by atoms with Gasteiger partial charge in [-0.1, -0.05) is 0 Å². The molecule has 2 aromatic rings. The number of aromatic nitrogens is 3. The van der Waals surface area contributed by atoms with Crippen LogP contribution in [0, 0.1) is 12.8 Å². The largest absolute Gasteiger partial charge is 0.301 e. The maximum Gasteiger partial charge on any atom is 0.111 e. The topological polar surface area (TPSA) is 44.8 Å². The van der Waals surface area contributed by atoms with Crippen molar-refractivity contribution in [3.63, 3.8) is 0 Å². The van der Waals surface area contributed by atoms with Crippen LogP contribution in [0.1, 0.15) is 37.9 Å². The number of rotatable bonds is 4. The molecule has 22 heavy (non-hydrogen) atoms. The second-order valence-electron chi connectivity index (χ2n) is 6.79. The molecule has 1 unspecified atom stereocenters. The fourth-order valence-electron chi connectivity index (χ4n) is 3.36. The summed E-state index contributed by atoms with van der Waals surface area (Å²) in [6, 6.07) is 7.05. The summed E-state index contributed by atoms with van der Waals surface area (Å²) >= 11 is 0. The predicted octanol–water partition coefficient (Wildman–Crippen LogP) is 3.44. The number of hydrogen-bond acceptors (Lipinski definition) is 3. The predicted molar refractivity (Wildman–Crippen MR) is 89.7 cm³/mol. The molecule has 1 saturated heterocycles. The van der Waals surface area contributed by atoms with Crippen molar-refractivity contribution in [1.82, 2.24) is 20.1 Å². The number of pyridine rings is 1. The number of nitrogens with one attached hydrogen (secondary N) is 1. The Morgan fingerprint density at radius 1 is 1.32 bits per heavy atom. The molecule has 2 aromatic heterocycles. The SMILES string of the molecule is Cc1cc(-c2cc(CC3CCCN(C(C)C)C3)ccn2)n[nH]1. The molecular weight excluding hydrogens is 272 g/mol. The van der Waals surface area contributed by atoms with Crippen LogP contribution < -0.4 is 0 Å². The molecule has 1 aliphatic rings. The van der Waals surface area contributed by atoms with E-state index in [4.69, 9.17) is 0 Å². The van der Waals surface area contributed by atoms with Crippen molar-refractivity contribution in [2.45, 2.75) is 46.1 Å². The fraction of sp³-hybridized carbons (Fsp3) is 0.556. The monoisotopic (exact) mass is 298 g/mol.